The molecule has 0 saturated carbocycles. The van der Waals surface area contributed by atoms with Crippen molar-refractivity contribution in [1.82, 2.24) is 15.5 Å². The van der Waals surface area contributed by atoms with Gasteiger partial charge in [-0.25, -0.2) is 4.79 Å². The van der Waals surface area contributed by atoms with Crippen LogP contribution in [0.4, 0.5) is 0 Å². The van der Waals surface area contributed by atoms with E-state index < -0.39 is 12.0 Å². The van der Waals surface area contributed by atoms with E-state index in [9.17, 15) is 9.59 Å². The predicted molar refractivity (Wildman–Crippen MR) is 120 cm³/mol. The number of aromatic nitrogens is 2. The largest absolute Gasteiger partial charge is 0.497 e. The number of amides is 1. The predicted octanol–water partition coefficient (Wildman–Crippen LogP) is 3.64. The van der Waals surface area contributed by atoms with Crippen LogP contribution in [0, 0.1) is 5.92 Å². The van der Waals surface area contributed by atoms with E-state index in [1.54, 1.807) is 43.5 Å². The van der Waals surface area contributed by atoms with Gasteiger partial charge in [0.2, 0.25) is 5.82 Å². The van der Waals surface area contributed by atoms with E-state index in [4.69, 9.17) is 18.7 Å². The Morgan fingerprint density at radius 1 is 1.09 bits per heavy atom. The third-order valence-corrected chi connectivity index (χ3v) is 4.77. The topological polar surface area (TPSA) is 113 Å². The Kier molecular flexibility index (Phi) is 8.01. The standard InChI is InChI=1S/C24H27N3O6/c1-5-31-18-11-9-16(10-12-18)23(28)26-21(15(2)3)24(29)32-14-20-25-22(27-33-20)17-7-6-8-19(13-17)30-4/h6-13,15,21H,5,14H2,1-4H3,(H,26,28). The summed E-state index contributed by atoms with van der Waals surface area (Å²) >= 11 is 0. The van der Waals surface area contributed by atoms with Crippen molar-refractivity contribution in [3.05, 3.63) is 60.0 Å². The van der Waals surface area contributed by atoms with Crippen LogP contribution in [-0.2, 0) is 16.1 Å². The molecule has 0 radical (unpaired) electrons. The average molecular weight is 453 g/mol. The number of rotatable bonds is 10. The quantitative estimate of drug-likeness (QED) is 0.463. The van der Waals surface area contributed by atoms with Crippen LogP contribution >= 0.6 is 0 Å². The molecule has 9 nitrogen and oxygen atoms in total. The van der Waals surface area contributed by atoms with Crippen molar-refractivity contribution in [2.75, 3.05) is 13.7 Å². The highest BCUT2D eigenvalue weighted by atomic mass is 16.6. The van der Waals surface area contributed by atoms with Gasteiger partial charge < -0.3 is 24.1 Å². The summed E-state index contributed by atoms with van der Waals surface area (Å²) in [5, 5.41) is 6.64. The summed E-state index contributed by atoms with van der Waals surface area (Å²) in [6.07, 6.45) is 0. The van der Waals surface area contributed by atoms with Gasteiger partial charge in [-0.15, -0.1) is 0 Å². The molecule has 1 amide bonds. The molecule has 0 fully saturated rings. The van der Waals surface area contributed by atoms with Crippen LogP contribution in [0.5, 0.6) is 11.5 Å². The molecule has 0 aliphatic heterocycles. The van der Waals surface area contributed by atoms with E-state index in [-0.39, 0.29) is 24.3 Å². The number of esters is 1. The van der Waals surface area contributed by atoms with Gasteiger partial charge in [0, 0.05) is 11.1 Å². The van der Waals surface area contributed by atoms with Gasteiger partial charge in [-0.3, -0.25) is 4.79 Å². The highest BCUT2D eigenvalue weighted by Crippen LogP contribution is 2.21. The van der Waals surface area contributed by atoms with E-state index in [0.717, 1.165) is 0 Å². The summed E-state index contributed by atoms with van der Waals surface area (Å²) in [5.74, 6) is 0.650. The summed E-state index contributed by atoms with van der Waals surface area (Å²) < 4.78 is 21.1. The Bertz CT molecular complexity index is 1080. The third kappa shape index (κ3) is 6.31. The van der Waals surface area contributed by atoms with Crippen molar-refractivity contribution in [3.8, 4) is 22.9 Å². The molecule has 1 atom stereocenters. The maximum atomic E-state index is 12.7. The number of carbonyl (C=O) groups excluding carboxylic acids is 2. The van der Waals surface area contributed by atoms with Gasteiger partial charge in [0.05, 0.1) is 13.7 Å². The fourth-order valence-corrected chi connectivity index (χ4v) is 3.01. The molecule has 3 aromatic rings. The molecule has 0 spiro atoms. The lowest BCUT2D eigenvalue weighted by molar-refractivity contribution is -0.149. The minimum Gasteiger partial charge on any atom is -0.497 e. The zero-order chi connectivity index (χ0) is 23.8. The molecule has 3 rings (SSSR count). The second-order valence-corrected chi connectivity index (χ2v) is 7.50. The van der Waals surface area contributed by atoms with Gasteiger partial charge in [0.15, 0.2) is 6.61 Å². The Morgan fingerprint density at radius 3 is 2.52 bits per heavy atom. The monoisotopic (exact) mass is 453 g/mol. The zero-order valence-corrected chi connectivity index (χ0v) is 19.0. The van der Waals surface area contributed by atoms with E-state index in [1.807, 2.05) is 32.9 Å². The van der Waals surface area contributed by atoms with Crippen molar-refractivity contribution < 1.29 is 28.3 Å². The number of hydrogen-bond acceptors (Lipinski definition) is 8. The summed E-state index contributed by atoms with van der Waals surface area (Å²) in [4.78, 5) is 29.5. The summed E-state index contributed by atoms with van der Waals surface area (Å²) in [5.41, 5.74) is 1.12. The van der Waals surface area contributed by atoms with Crippen LogP contribution in [0.2, 0.25) is 0 Å². The minimum absolute atomic E-state index is 0.140. The molecule has 0 aliphatic rings. The summed E-state index contributed by atoms with van der Waals surface area (Å²) in [7, 11) is 1.57. The summed E-state index contributed by atoms with van der Waals surface area (Å²) in [6, 6.07) is 13.0. The van der Waals surface area contributed by atoms with Crippen LogP contribution < -0.4 is 14.8 Å². The average Bonchev–Trinajstić information content (AvgIpc) is 3.30. The lowest BCUT2D eigenvalue weighted by atomic mass is 10.0. The molecule has 1 aromatic heterocycles. The molecule has 33 heavy (non-hydrogen) atoms. The first kappa shape index (κ1) is 23.8. The van der Waals surface area contributed by atoms with Crippen LogP contribution in [0.3, 0.4) is 0 Å². The fourth-order valence-electron chi connectivity index (χ4n) is 3.01. The van der Waals surface area contributed by atoms with E-state index in [1.165, 1.54) is 0 Å². The SMILES string of the molecule is CCOc1ccc(C(=O)NC(C(=O)OCc2nc(-c3cccc(OC)c3)no2)C(C)C)cc1. The van der Waals surface area contributed by atoms with Gasteiger partial charge in [0.25, 0.3) is 11.8 Å². The number of methoxy groups -OCH3 is 1. The Labute approximate surface area is 192 Å². The molecular weight excluding hydrogens is 426 g/mol. The maximum Gasteiger partial charge on any atom is 0.329 e. The Hall–Kier alpha value is -3.88. The highest BCUT2D eigenvalue weighted by Gasteiger charge is 2.27. The first-order valence-electron chi connectivity index (χ1n) is 10.6. The van der Waals surface area contributed by atoms with Crippen LogP contribution in [0.15, 0.2) is 53.1 Å². The lowest BCUT2D eigenvalue weighted by Crippen LogP contribution is -2.45. The van der Waals surface area contributed by atoms with E-state index in [0.29, 0.717) is 35.1 Å². The van der Waals surface area contributed by atoms with Gasteiger partial charge in [-0.1, -0.05) is 31.1 Å². The molecule has 0 aliphatic carbocycles. The van der Waals surface area contributed by atoms with E-state index in [2.05, 4.69) is 15.5 Å². The number of ether oxygens (including phenoxy) is 3. The molecule has 1 unspecified atom stereocenters. The fraction of sp³-hybridized carbons (Fsp3) is 0.333. The normalized spacial score (nSPS) is 11.7. The van der Waals surface area contributed by atoms with Crippen molar-refractivity contribution in [3.63, 3.8) is 0 Å². The van der Waals surface area contributed by atoms with Gasteiger partial charge in [0.1, 0.15) is 17.5 Å². The van der Waals surface area contributed by atoms with Crippen LogP contribution in [-0.4, -0.2) is 41.8 Å². The highest BCUT2D eigenvalue weighted by molar-refractivity contribution is 5.96. The Balaban J connectivity index is 1.60. The number of nitrogens with zero attached hydrogens (tertiary/aromatic N) is 2. The second-order valence-electron chi connectivity index (χ2n) is 7.50. The molecule has 174 valence electrons. The molecule has 2 aromatic carbocycles. The van der Waals surface area contributed by atoms with Gasteiger partial charge >= 0.3 is 5.97 Å². The number of benzene rings is 2. The van der Waals surface area contributed by atoms with Gasteiger partial charge in [-0.05, 0) is 49.2 Å². The zero-order valence-electron chi connectivity index (χ0n) is 19.0. The molecule has 1 N–H and O–H groups in total. The summed E-state index contributed by atoms with van der Waals surface area (Å²) in [6.45, 7) is 5.84. The number of carbonyl (C=O) groups is 2. The number of hydrogen-bond donors (Lipinski definition) is 1. The molecular formula is C24H27N3O6. The van der Waals surface area contributed by atoms with Crippen LogP contribution in [0.25, 0.3) is 11.4 Å². The molecule has 0 saturated heterocycles. The molecule has 1 heterocycles. The number of nitrogens with one attached hydrogen (secondary N) is 1. The first-order chi connectivity index (χ1) is 15.9. The minimum atomic E-state index is -0.843. The second kappa shape index (κ2) is 11.1. The third-order valence-electron chi connectivity index (χ3n) is 4.77. The van der Waals surface area contributed by atoms with Crippen molar-refractivity contribution in [2.45, 2.75) is 33.4 Å². The van der Waals surface area contributed by atoms with Crippen molar-refractivity contribution >= 4 is 11.9 Å². The van der Waals surface area contributed by atoms with Crippen molar-refractivity contribution in [2.24, 2.45) is 5.92 Å². The smallest absolute Gasteiger partial charge is 0.329 e. The van der Waals surface area contributed by atoms with E-state index >= 15 is 0 Å². The lowest BCUT2D eigenvalue weighted by Gasteiger charge is -2.20. The van der Waals surface area contributed by atoms with Crippen LogP contribution in [0.1, 0.15) is 37.0 Å². The molecule has 0 bridgehead atoms. The van der Waals surface area contributed by atoms with Gasteiger partial charge in [-0.2, -0.15) is 4.98 Å². The van der Waals surface area contributed by atoms with Crippen molar-refractivity contribution in [1.29, 1.82) is 0 Å². The Morgan fingerprint density at radius 2 is 1.85 bits per heavy atom. The maximum absolute atomic E-state index is 12.7. The first-order valence-corrected chi connectivity index (χ1v) is 10.6. The molecule has 9 heteroatoms.